The Morgan fingerprint density at radius 1 is 1.23 bits per heavy atom. The molecule has 0 aliphatic carbocycles. The van der Waals surface area contributed by atoms with Gasteiger partial charge < -0.3 is 19.9 Å². The molecule has 3 amide bonds. The van der Waals surface area contributed by atoms with Crippen molar-refractivity contribution in [1.29, 1.82) is 0 Å². The number of benzene rings is 2. The van der Waals surface area contributed by atoms with E-state index in [9.17, 15) is 14.4 Å². The van der Waals surface area contributed by atoms with Crippen LogP contribution >= 0.6 is 22.6 Å². The van der Waals surface area contributed by atoms with E-state index in [0.29, 0.717) is 28.6 Å². The molecule has 2 aromatic rings. The van der Waals surface area contributed by atoms with E-state index in [1.807, 2.05) is 31.2 Å². The first-order valence-electron chi connectivity index (χ1n) is 8.90. The predicted octanol–water partition coefficient (Wildman–Crippen LogP) is 3.16. The maximum atomic E-state index is 12.3. The highest BCUT2D eigenvalue weighted by Gasteiger charge is 2.34. The van der Waals surface area contributed by atoms with Crippen molar-refractivity contribution in [2.75, 3.05) is 13.7 Å². The number of carboxylic acids is 1. The number of hydrogen-bond donors (Lipinski definition) is 2. The summed E-state index contributed by atoms with van der Waals surface area (Å²) >= 11 is 2.10. The standard InChI is InChI=1S/C21H19IN2O6/c1-12-3-5-13(6-4-12)11-30-19-15(22)7-14(9-17(19)29-2)8-16-20(27)24(10-18(25)26)21(28)23-16/h3-9H,10-11H2,1-2H3,(H,23,28)(H,25,26)/b16-8+. The molecule has 0 atom stereocenters. The third kappa shape index (κ3) is 4.90. The number of amides is 3. The molecule has 0 unspecified atom stereocenters. The number of rotatable bonds is 7. The lowest BCUT2D eigenvalue weighted by atomic mass is 10.1. The summed E-state index contributed by atoms with van der Waals surface area (Å²) in [5, 5.41) is 11.2. The zero-order valence-electron chi connectivity index (χ0n) is 16.3. The lowest BCUT2D eigenvalue weighted by molar-refractivity contribution is -0.140. The number of aliphatic carboxylic acids is 1. The van der Waals surface area contributed by atoms with Gasteiger partial charge in [0.1, 0.15) is 18.8 Å². The summed E-state index contributed by atoms with van der Waals surface area (Å²) < 4.78 is 12.1. The van der Waals surface area contributed by atoms with Crippen molar-refractivity contribution in [2.24, 2.45) is 0 Å². The molecule has 1 fully saturated rings. The monoisotopic (exact) mass is 522 g/mol. The third-order valence-corrected chi connectivity index (χ3v) is 5.12. The van der Waals surface area contributed by atoms with Crippen LogP contribution in [0, 0.1) is 10.5 Å². The van der Waals surface area contributed by atoms with Gasteiger partial charge in [0, 0.05) is 0 Å². The molecular formula is C21H19IN2O6. The Labute approximate surface area is 186 Å². The Balaban J connectivity index is 1.82. The summed E-state index contributed by atoms with van der Waals surface area (Å²) in [7, 11) is 1.51. The first-order chi connectivity index (χ1) is 14.3. The normalized spacial score (nSPS) is 14.8. The van der Waals surface area contributed by atoms with E-state index >= 15 is 0 Å². The number of imide groups is 1. The van der Waals surface area contributed by atoms with Crippen LogP contribution in [0.5, 0.6) is 11.5 Å². The number of nitrogens with one attached hydrogen (secondary N) is 1. The van der Waals surface area contributed by atoms with Gasteiger partial charge in [0.05, 0.1) is 10.7 Å². The second kappa shape index (κ2) is 9.16. The zero-order valence-corrected chi connectivity index (χ0v) is 18.4. The Morgan fingerprint density at radius 2 is 1.93 bits per heavy atom. The SMILES string of the molecule is COc1cc(/C=C2/NC(=O)N(CC(=O)O)C2=O)cc(I)c1OCc1ccc(C)cc1. The van der Waals surface area contributed by atoms with Gasteiger partial charge in [0.15, 0.2) is 11.5 Å². The van der Waals surface area contributed by atoms with E-state index in [1.165, 1.54) is 18.7 Å². The summed E-state index contributed by atoms with van der Waals surface area (Å²) in [6, 6.07) is 10.7. The minimum atomic E-state index is -1.27. The molecule has 1 saturated heterocycles. The number of urea groups is 1. The quantitative estimate of drug-likeness (QED) is 0.329. The van der Waals surface area contributed by atoms with Gasteiger partial charge in [-0.3, -0.25) is 9.59 Å². The van der Waals surface area contributed by atoms with Gasteiger partial charge in [0.2, 0.25) is 0 Å². The Kier molecular flexibility index (Phi) is 6.60. The summed E-state index contributed by atoms with van der Waals surface area (Å²) in [6.45, 7) is 1.68. The Morgan fingerprint density at radius 3 is 2.57 bits per heavy atom. The molecule has 8 nitrogen and oxygen atoms in total. The molecule has 0 bridgehead atoms. The molecule has 1 aliphatic heterocycles. The van der Waals surface area contributed by atoms with Gasteiger partial charge in [-0.2, -0.15) is 0 Å². The number of methoxy groups -OCH3 is 1. The van der Waals surface area contributed by atoms with Gasteiger partial charge in [-0.1, -0.05) is 29.8 Å². The second-order valence-corrected chi connectivity index (χ2v) is 7.74. The fraction of sp³-hybridized carbons (Fsp3) is 0.190. The van der Waals surface area contributed by atoms with Crippen LogP contribution in [0.2, 0.25) is 0 Å². The van der Waals surface area contributed by atoms with Crippen molar-refractivity contribution >= 4 is 46.6 Å². The molecule has 0 saturated carbocycles. The fourth-order valence-electron chi connectivity index (χ4n) is 2.82. The van der Waals surface area contributed by atoms with Crippen molar-refractivity contribution in [3.8, 4) is 11.5 Å². The summed E-state index contributed by atoms with van der Waals surface area (Å²) in [6.07, 6.45) is 1.47. The van der Waals surface area contributed by atoms with E-state index < -0.39 is 24.5 Å². The molecular weight excluding hydrogens is 503 g/mol. The van der Waals surface area contributed by atoms with Crippen LogP contribution in [0.4, 0.5) is 4.79 Å². The maximum Gasteiger partial charge on any atom is 0.329 e. The van der Waals surface area contributed by atoms with Crippen LogP contribution < -0.4 is 14.8 Å². The number of halogens is 1. The van der Waals surface area contributed by atoms with Crippen molar-refractivity contribution < 1.29 is 29.0 Å². The molecule has 0 radical (unpaired) electrons. The van der Waals surface area contributed by atoms with Crippen LogP contribution in [-0.2, 0) is 16.2 Å². The lowest BCUT2D eigenvalue weighted by Gasteiger charge is -2.14. The molecule has 2 N–H and O–H groups in total. The molecule has 3 rings (SSSR count). The topological polar surface area (TPSA) is 105 Å². The van der Waals surface area contributed by atoms with Gasteiger partial charge >= 0.3 is 12.0 Å². The van der Waals surface area contributed by atoms with Crippen molar-refractivity contribution in [3.05, 3.63) is 62.4 Å². The van der Waals surface area contributed by atoms with Gasteiger partial charge in [0.25, 0.3) is 5.91 Å². The number of aryl methyl sites for hydroxylation is 1. The van der Waals surface area contributed by atoms with E-state index in [4.69, 9.17) is 14.6 Å². The molecule has 30 heavy (non-hydrogen) atoms. The van der Waals surface area contributed by atoms with E-state index in [1.54, 1.807) is 12.1 Å². The van der Waals surface area contributed by atoms with Crippen LogP contribution in [0.3, 0.4) is 0 Å². The zero-order chi connectivity index (χ0) is 21.8. The van der Waals surface area contributed by atoms with E-state index in [-0.39, 0.29) is 5.70 Å². The molecule has 156 valence electrons. The number of carbonyl (C=O) groups excluding carboxylic acids is 2. The van der Waals surface area contributed by atoms with Crippen LogP contribution in [-0.4, -0.2) is 41.6 Å². The van der Waals surface area contributed by atoms with Crippen LogP contribution in [0.1, 0.15) is 16.7 Å². The predicted molar refractivity (Wildman–Crippen MR) is 117 cm³/mol. The highest BCUT2D eigenvalue weighted by atomic mass is 127. The number of nitrogens with zero attached hydrogens (tertiary/aromatic N) is 1. The van der Waals surface area contributed by atoms with Crippen LogP contribution in [0.25, 0.3) is 6.08 Å². The molecule has 2 aromatic carbocycles. The summed E-state index contributed by atoms with van der Waals surface area (Å²) in [5.74, 6) is -0.933. The average molecular weight is 522 g/mol. The van der Waals surface area contributed by atoms with E-state index in [0.717, 1.165) is 9.13 Å². The molecule has 0 spiro atoms. The van der Waals surface area contributed by atoms with Gasteiger partial charge in [-0.05, 0) is 58.9 Å². The largest absolute Gasteiger partial charge is 0.493 e. The highest BCUT2D eigenvalue weighted by molar-refractivity contribution is 14.1. The van der Waals surface area contributed by atoms with Gasteiger partial charge in [-0.25, -0.2) is 9.69 Å². The number of carbonyl (C=O) groups is 3. The van der Waals surface area contributed by atoms with Crippen molar-refractivity contribution in [3.63, 3.8) is 0 Å². The molecule has 0 aromatic heterocycles. The average Bonchev–Trinajstić information content (AvgIpc) is 2.95. The minimum Gasteiger partial charge on any atom is -0.493 e. The van der Waals surface area contributed by atoms with Crippen molar-refractivity contribution in [2.45, 2.75) is 13.5 Å². The van der Waals surface area contributed by atoms with E-state index in [2.05, 4.69) is 27.9 Å². The maximum absolute atomic E-state index is 12.3. The first-order valence-corrected chi connectivity index (χ1v) is 9.98. The number of carboxylic acid groups (broad SMARTS) is 1. The smallest absolute Gasteiger partial charge is 0.329 e. The molecule has 1 aliphatic rings. The third-order valence-electron chi connectivity index (χ3n) is 4.32. The Bertz CT molecular complexity index is 1030. The lowest BCUT2D eigenvalue weighted by Crippen LogP contribution is -2.35. The highest BCUT2D eigenvalue weighted by Crippen LogP contribution is 2.35. The van der Waals surface area contributed by atoms with Gasteiger partial charge in [-0.15, -0.1) is 0 Å². The molecule has 1 heterocycles. The van der Waals surface area contributed by atoms with Crippen LogP contribution in [0.15, 0.2) is 42.1 Å². The number of ether oxygens (including phenoxy) is 2. The fourth-order valence-corrected chi connectivity index (χ4v) is 3.60. The number of hydrogen-bond acceptors (Lipinski definition) is 5. The Hall–Kier alpha value is -3.08. The first kappa shape index (κ1) is 21.6. The summed E-state index contributed by atoms with van der Waals surface area (Å²) in [5.41, 5.74) is 2.77. The minimum absolute atomic E-state index is 0.00701. The molecule has 9 heteroatoms. The second-order valence-electron chi connectivity index (χ2n) is 6.58. The van der Waals surface area contributed by atoms with Crippen molar-refractivity contribution in [1.82, 2.24) is 10.2 Å². The summed E-state index contributed by atoms with van der Waals surface area (Å²) in [4.78, 5) is 35.6.